The Morgan fingerprint density at radius 2 is 2.58 bits per heavy atom. The first-order valence-electron chi connectivity index (χ1n) is 3.32. The predicted molar refractivity (Wildman–Crippen MR) is 45.4 cm³/mol. The maximum atomic E-state index is 8.36. The molecular weight excluding hydrogens is 180 g/mol. The Labute approximate surface area is 74.4 Å². The van der Waals surface area contributed by atoms with E-state index in [1.165, 1.54) is 10.9 Å². The van der Waals surface area contributed by atoms with E-state index in [-0.39, 0.29) is 11.9 Å². The summed E-state index contributed by atoms with van der Waals surface area (Å²) < 4.78 is 1.51. The minimum absolute atomic E-state index is 0.0924. The summed E-state index contributed by atoms with van der Waals surface area (Å²) in [5.74, 6) is 0.0924. The number of halogens is 1. The fourth-order valence-corrected chi connectivity index (χ4v) is 0.889. The van der Waals surface area contributed by atoms with E-state index in [1.807, 2.05) is 0 Å². The van der Waals surface area contributed by atoms with Crippen LogP contribution in [0, 0.1) is 0 Å². The predicted octanol–water partition coefficient (Wildman–Crippen LogP) is 0.844. The maximum Gasteiger partial charge on any atom is 0.163 e. The van der Waals surface area contributed by atoms with Gasteiger partial charge in [0.05, 0.1) is 11.2 Å². The van der Waals surface area contributed by atoms with E-state index in [0.717, 1.165) is 0 Å². The highest BCUT2D eigenvalue weighted by Crippen LogP contribution is 2.10. The molecule has 0 amide bonds. The van der Waals surface area contributed by atoms with Gasteiger partial charge in [-0.25, -0.2) is 0 Å². The van der Waals surface area contributed by atoms with Gasteiger partial charge in [-0.3, -0.25) is 4.68 Å². The van der Waals surface area contributed by atoms with Crippen LogP contribution in [0.25, 0.3) is 0 Å². The fraction of sp³-hybridized carbons (Fsp3) is 0.333. The second kappa shape index (κ2) is 3.44. The minimum Gasteiger partial charge on any atom is -0.409 e. The Kier molecular flexibility index (Phi) is 2.54. The molecule has 0 radical (unpaired) electrons. The second-order valence-electron chi connectivity index (χ2n) is 2.34. The van der Waals surface area contributed by atoms with Crippen LogP contribution in [0.4, 0.5) is 0 Å². The fourth-order valence-electron chi connectivity index (χ4n) is 0.746. The van der Waals surface area contributed by atoms with Crippen molar-refractivity contribution in [3.63, 3.8) is 0 Å². The van der Waals surface area contributed by atoms with E-state index < -0.39 is 0 Å². The zero-order valence-corrected chi connectivity index (χ0v) is 7.23. The number of hydrogen-bond acceptors (Lipinski definition) is 3. The molecule has 0 aromatic carbocycles. The molecule has 0 aliphatic carbocycles. The number of nitrogens with two attached hydrogens (primary N) is 1. The van der Waals surface area contributed by atoms with Crippen LogP contribution in [0.1, 0.15) is 13.0 Å². The first kappa shape index (κ1) is 8.86. The molecule has 1 atom stereocenters. The van der Waals surface area contributed by atoms with Gasteiger partial charge in [-0.2, -0.15) is 5.10 Å². The van der Waals surface area contributed by atoms with Gasteiger partial charge in [0.15, 0.2) is 5.84 Å². The molecule has 0 saturated heterocycles. The minimum atomic E-state index is -0.289. The molecular formula is C6H9ClN4O. The molecule has 5 nitrogen and oxygen atoms in total. The van der Waals surface area contributed by atoms with Gasteiger partial charge in [0.1, 0.15) is 6.04 Å². The molecule has 66 valence electrons. The van der Waals surface area contributed by atoms with Crippen molar-refractivity contribution in [2.75, 3.05) is 0 Å². The lowest BCUT2D eigenvalue weighted by molar-refractivity contribution is 0.313. The topological polar surface area (TPSA) is 76.4 Å². The van der Waals surface area contributed by atoms with Crippen molar-refractivity contribution in [3.8, 4) is 0 Å². The Balaban J connectivity index is 2.85. The van der Waals surface area contributed by atoms with Gasteiger partial charge in [-0.05, 0) is 6.92 Å². The van der Waals surface area contributed by atoms with Gasteiger partial charge in [0.25, 0.3) is 0 Å². The quantitative estimate of drug-likeness (QED) is 0.313. The average molecular weight is 189 g/mol. The van der Waals surface area contributed by atoms with Gasteiger partial charge in [-0.1, -0.05) is 16.8 Å². The monoisotopic (exact) mass is 188 g/mol. The van der Waals surface area contributed by atoms with Crippen molar-refractivity contribution in [3.05, 3.63) is 17.4 Å². The molecule has 0 saturated carbocycles. The Morgan fingerprint density at radius 3 is 3.00 bits per heavy atom. The van der Waals surface area contributed by atoms with Crippen molar-refractivity contribution in [2.45, 2.75) is 13.0 Å². The molecule has 1 aromatic rings. The molecule has 1 aromatic heterocycles. The average Bonchev–Trinajstić information content (AvgIpc) is 2.49. The standard InChI is InChI=1S/C6H9ClN4O/c1-4(6(8)10-12)11-3-5(7)2-9-11/h2-4,12H,1H3,(H2,8,10). The molecule has 1 rings (SSSR count). The number of aromatic nitrogens is 2. The summed E-state index contributed by atoms with van der Waals surface area (Å²) in [6.07, 6.45) is 3.09. The number of oxime groups is 1. The zero-order valence-electron chi connectivity index (χ0n) is 6.48. The maximum absolute atomic E-state index is 8.36. The SMILES string of the molecule is CC(C(N)=NO)n1cc(Cl)cn1. The first-order valence-corrected chi connectivity index (χ1v) is 3.70. The number of nitrogens with zero attached hydrogens (tertiary/aromatic N) is 3. The lowest BCUT2D eigenvalue weighted by atomic mass is 10.3. The van der Waals surface area contributed by atoms with Crippen LogP contribution in [-0.4, -0.2) is 20.8 Å². The van der Waals surface area contributed by atoms with Crippen LogP contribution in [0.15, 0.2) is 17.5 Å². The molecule has 0 spiro atoms. The number of rotatable bonds is 2. The van der Waals surface area contributed by atoms with Crippen molar-refractivity contribution >= 4 is 17.4 Å². The van der Waals surface area contributed by atoms with Gasteiger partial charge < -0.3 is 10.9 Å². The van der Waals surface area contributed by atoms with Crippen LogP contribution < -0.4 is 5.73 Å². The van der Waals surface area contributed by atoms with Gasteiger partial charge >= 0.3 is 0 Å². The Hall–Kier alpha value is -1.23. The highest BCUT2D eigenvalue weighted by Gasteiger charge is 2.10. The molecule has 6 heteroatoms. The Morgan fingerprint density at radius 1 is 1.92 bits per heavy atom. The Bertz CT molecular complexity index is 295. The van der Waals surface area contributed by atoms with E-state index in [0.29, 0.717) is 5.02 Å². The van der Waals surface area contributed by atoms with E-state index in [2.05, 4.69) is 10.3 Å². The van der Waals surface area contributed by atoms with Crippen LogP contribution >= 0.6 is 11.6 Å². The normalized spacial score (nSPS) is 14.7. The van der Waals surface area contributed by atoms with Crippen LogP contribution in [-0.2, 0) is 0 Å². The lowest BCUT2D eigenvalue weighted by Gasteiger charge is -2.08. The molecule has 0 aliphatic rings. The van der Waals surface area contributed by atoms with Gasteiger partial charge in [-0.15, -0.1) is 0 Å². The van der Waals surface area contributed by atoms with Crippen LogP contribution in [0.5, 0.6) is 0 Å². The summed E-state index contributed by atoms with van der Waals surface area (Å²) in [5, 5.41) is 15.6. The number of amidine groups is 1. The lowest BCUT2D eigenvalue weighted by Crippen LogP contribution is -2.24. The van der Waals surface area contributed by atoms with Crippen LogP contribution in [0.2, 0.25) is 5.02 Å². The largest absolute Gasteiger partial charge is 0.409 e. The first-order chi connectivity index (χ1) is 5.65. The second-order valence-corrected chi connectivity index (χ2v) is 2.78. The summed E-state index contributed by atoms with van der Waals surface area (Å²) in [4.78, 5) is 0. The smallest absolute Gasteiger partial charge is 0.163 e. The van der Waals surface area contributed by atoms with Gasteiger partial charge in [0.2, 0.25) is 0 Å². The summed E-state index contributed by atoms with van der Waals surface area (Å²) in [6.45, 7) is 1.75. The molecule has 12 heavy (non-hydrogen) atoms. The summed E-state index contributed by atoms with van der Waals surface area (Å²) in [6, 6.07) is -0.289. The molecule has 0 aliphatic heterocycles. The third-order valence-corrected chi connectivity index (χ3v) is 1.71. The van der Waals surface area contributed by atoms with Crippen molar-refractivity contribution < 1.29 is 5.21 Å². The molecule has 3 N–H and O–H groups in total. The van der Waals surface area contributed by atoms with Crippen molar-refractivity contribution in [2.24, 2.45) is 10.9 Å². The van der Waals surface area contributed by atoms with Crippen molar-refractivity contribution in [1.82, 2.24) is 9.78 Å². The molecule has 1 heterocycles. The van der Waals surface area contributed by atoms with Crippen molar-refractivity contribution in [1.29, 1.82) is 0 Å². The number of hydrogen-bond donors (Lipinski definition) is 2. The van der Waals surface area contributed by atoms with Gasteiger partial charge in [0, 0.05) is 6.20 Å². The highest BCUT2D eigenvalue weighted by atomic mass is 35.5. The van der Waals surface area contributed by atoms with E-state index in [9.17, 15) is 0 Å². The van der Waals surface area contributed by atoms with Crippen LogP contribution in [0.3, 0.4) is 0 Å². The highest BCUT2D eigenvalue weighted by molar-refractivity contribution is 6.30. The molecule has 1 unspecified atom stereocenters. The molecule has 0 bridgehead atoms. The zero-order chi connectivity index (χ0) is 9.14. The summed E-state index contributed by atoms with van der Waals surface area (Å²) in [7, 11) is 0. The third-order valence-electron chi connectivity index (χ3n) is 1.51. The summed E-state index contributed by atoms with van der Waals surface area (Å²) >= 11 is 5.63. The van der Waals surface area contributed by atoms with E-state index >= 15 is 0 Å². The molecule has 0 fully saturated rings. The van der Waals surface area contributed by atoms with E-state index in [4.69, 9.17) is 22.5 Å². The van der Waals surface area contributed by atoms with E-state index in [1.54, 1.807) is 13.1 Å². The third kappa shape index (κ3) is 1.68. The summed E-state index contributed by atoms with van der Waals surface area (Å²) in [5.41, 5.74) is 5.35.